The highest BCUT2D eigenvalue weighted by molar-refractivity contribution is 8.00. The van der Waals surface area contributed by atoms with Crippen molar-refractivity contribution in [3.05, 3.63) is 58.1 Å². The smallest absolute Gasteiger partial charge is 0.271 e. The van der Waals surface area contributed by atoms with Gasteiger partial charge in [0, 0.05) is 24.2 Å². The SMILES string of the molecule is CCn1c(SC(C)C(=O)Nc2cc([N+](=O)[O-])ccc2C)nnc1-c1ccc(O)cc1. The maximum atomic E-state index is 12.7. The van der Waals surface area contributed by atoms with Crippen LogP contribution < -0.4 is 5.32 Å². The van der Waals surface area contributed by atoms with Crippen LogP contribution in [0, 0.1) is 17.0 Å². The number of carbonyl (C=O) groups excluding carboxylic acids is 1. The first-order chi connectivity index (χ1) is 14.3. The first kappa shape index (κ1) is 21.3. The highest BCUT2D eigenvalue weighted by Crippen LogP contribution is 2.29. The number of nitrogens with zero attached hydrogens (tertiary/aromatic N) is 4. The molecule has 2 aromatic carbocycles. The van der Waals surface area contributed by atoms with Gasteiger partial charge in [-0.2, -0.15) is 0 Å². The first-order valence-electron chi connectivity index (χ1n) is 9.25. The number of nitrogens with one attached hydrogen (secondary N) is 1. The van der Waals surface area contributed by atoms with Crippen LogP contribution in [0.25, 0.3) is 11.4 Å². The summed E-state index contributed by atoms with van der Waals surface area (Å²) in [4.78, 5) is 23.2. The van der Waals surface area contributed by atoms with Crippen LogP contribution in [0.15, 0.2) is 47.6 Å². The van der Waals surface area contributed by atoms with Crippen molar-refractivity contribution < 1.29 is 14.8 Å². The fourth-order valence-electron chi connectivity index (χ4n) is 2.79. The van der Waals surface area contributed by atoms with Gasteiger partial charge in [-0.3, -0.25) is 14.9 Å². The number of aromatic hydroxyl groups is 1. The summed E-state index contributed by atoms with van der Waals surface area (Å²) in [6, 6.07) is 11.0. The maximum Gasteiger partial charge on any atom is 0.271 e. The van der Waals surface area contributed by atoms with Crippen LogP contribution >= 0.6 is 11.8 Å². The summed E-state index contributed by atoms with van der Waals surface area (Å²) in [5.41, 5.74) is 1.86. The molecule has 0 aliphatic rings. The van der Waals surface area contributed by atoms with Crippen LogP contribution in [0.3, 0.4) is 0 Å². The molecule has 156 valence electrons. The number of benzene rings is 2. The van der Waals surface area contributed by atoms with Crippen molar-refractivity contribution in [2.45, 2.75) is 37.7 Å². The van der Waals surface area contributed by atoms with Crippen molar-refractivity contribution in [1.29, 1.82) is 0 Å². The van der Waals surface area contributed by atoms with Crippen LogP contribution in [-0.2, 0) is 11.3 Å². The van der Waals surface area contributed by atoms with Crippen molar-refractivity contribution in [2.75, 3.05) is 5.32 Å². The summed E-state index contributed by atoms with van der Waals surface area (Å²) in [5, 5.41) is 31.7. The third-order valence-electron chi connectivity index (χ3n) is 4.50. The zero-order valence-corrected chi connectivity index (χ0v) is 17.5. The molecular formula is C20H21N5O4S. The van der Waals surface area contributed by atoms with Gasteiger partial charge >= 0.3 is 0 Å². The Labute approximate surface area is 177 Å². The fourth-order valence-corrected chi connectivity index (χ4v) is 3.70. The number of carbonyl (C=O) groups is 1. The molecule has 10 heteroatoms. The van der Waals surface area contributed by atoms with Gasteiger partial charge in [0.2, 0.25) is 5.91 Å². The van der Waals surface area contributed by atoms with Crippen molar-refractivity contribution >= 4 is 29.0 Å². The minimum Gasteiger partial charge on any atom is -0.508 e. The summed E-state index contributed by atoms with van der Waals surface area (Å²) in [6.45, 7) is 6.06. The number of hydrogen-bond donors (Lipinski definition) is 2. The van der Waals surface area contributed by atoms with E-state index in [9.17, 15) is 20.0 Å². The Morgan fingerprint density at radius 2 is 1.97 bits per heavy atom. The summed E-state index contributed by atoms with van der Waals surface area (Å²) in [5.74, 6) is 0.514. The van der Waals surface area contributed by atoms with Crippen molar-refractivity contribution in [2.24, 2.45) is 0 Å². The highest BCUT2D eigenvalue weighted by atomic mass is 32.2. The second-order valence-electron chi connectivity index (χ2n) is 6.60. The second kappa shape index (κ2) is 8.95. The lowest BCUT2D eigenvalue weighted by atomic mass is 10.2. The number of rotatable bonds is 7. The van der Waals surface area contributed by atoms with Crippen LogP contribution in [0.4, 0.5) is 11.4 Å². The predicted octanol–water partition coefficient (Wildman–Crippen LogP) is 4.01. The van der Waals surface area contributed by atoms with Gasteiger partial charge in [0.05, 0.1) is 15.9 Å². The van der Waals surface area contributed by atoms with Crippen LogP contribution in [0.5, 0.6) is 5.75 Å². The van der Waals surface area contributed by atoms with E-state index in [2.05, 4.69) is 15.5 Å². The third-order valence-corrected chi connectivity index (χ3v) is 5.58. The number of thioether (sulfide) groups is 1. The van der Waals surface area contributed by atoms with E-state index >= 15 is 0 Å². The Bertz CT molecular complexity index is 1080. The van der Waals surface area contributed by atoms with Gasteiger partial charge in [-0.15, -0.1) is 10.2 Å². The fraction of sp³-hybridized carbons (Fsp3) is 0.250. The summed E-state index contributed by atoms with van der Waals surface area (Å²) in [7, 11) is 0. The lowest BCUT2D eigenvalue weighted by Crippen LogP contribution is -2.23. The molecule has 30 heavy (non-hydrogen) atoms. The minimum absolute atomic E-state index is 0.0829. The van der Waals surface area contributed by atoms with E-state index in [-0.39, 0.29) is 17.3 Å². The number of nitro benzene ring substituents is 1. The molecule has 0 spiro atoms. The largest absolute Gasteiger partial charge is 0.508 e. The Morgan fingerprint density at radius 3 is 2.60 bits per heavy atom. The number of phenols is 1. The topological polar surface area (TPSA) is 123 Å². The molecule has 1 heterocycles. The van der Waals surface area contributed by atoms with Gasteiger partial charge in [0.1, 0.15) is 5.75 Å². The van der Waals surface area contributed by atoms with Gasteiger partial charge in [-0.05, 0) is 50.6 Å². The number of aromatic nitrogens is 3. The Balaban J connectivity index is 1.77. The lowest BCUT2D eigenvalue weighted by Gasteiger charge is -2.14. The standard InChI is InChI=1S/C20H21N5O4S/c1-4-24-18(14-6-9-16(26)10-7-14)22-23-20(24)30-13(3)19(27)21-17-11-15(25(28)29)8-5-12(17)2/h5-11,13,26H,4H2,1-3H3,(H,21,27). The Morgan fingerprint density at radius 1 is 1.27 bits per heavy atom. The molecule has 0 saturated carbocycles. The van der Waals surface area contributed by atoms with Crippen LogP contribution in [0.2, 0.25) is 0 Å². The Hall–Kier alpha value is -3.40. The third kappa shape index (κ3) is 4.60. The normalized spacial score (nSPS) is 11.8. The number of non-ortho nitro benzene ring substituents is 1. The molecule has 0 radical (unpaired) electrons. The quantitative estimate of drug-likeness (QED) is 0.332. The highest BCUT2D eigenvalue weighted by Gasteiger charge is 2.21. The van der Waals surface area contributed by atoms with E-state index < -0.39 is 10.2 Å². The molecular weight excluding hydrogens is 406 g/mol. The van der Waals surface area contributed by atoms with Crippen molar-refractivity contribution in [1.82, 2.24) is 14.8 Å². The molecule has 1 atom stereocenters. The summed E-state index contributed by atoms with van der Waals surface area (Å²) in [6.07, 6.45) is 0. The molecule has 3 rings (SSSR count). The van der Waals surface area contributed by atoms with E-state index in [4.69, 9.17) is 0 Å². The molecule has 9 nitrogen and oxygen atoms in total. The van der Waals surface area contributed by atoms with Crippen LogP contribution in [0.1, 0.15) is 19.4 Å². The van der Waals surface area contributed by atoms with E-state index in [0.717, 1.165) is 11.1 Å². The van der Waals surface area contributed by atoms with Crippen molar-refractivity contribution in [3.63, 3.8) is 0 Å². The molecule has 0 fully saturated rings. The molecule has 3 aromatic rings. The number of phenolic OH excluding ortho intramolecular Hbond substituents is 1. The number of hydrogen-bond acceptors (Lipinski definition) is 7. The van der Waals surface area contributed by atoms with Gasteiger partial charge < -0.3 is 15.0 Å². The van der Waals surface area contributed by atoms with Gasteiger partial charge in [-0.1, -0.05) is 17.8 Å². The molecule has 2 N–H and O–H groups in total. The monoisotopic (exact) mass is 427 g/mol. The molecule has 1 aromatic heterocycles. The molecule has 0 saturated heterocycles. The summed E-state index contributed by atoms with van der Waals surface area (Å²) >= 11 is 1.25. The molecule has 1 unspecified atom stereocenters. The summed E-state index contributed by atoms with van der Waals surface area (Å²) < 4.78 is 1.89. The first-order valence-corrected chi connectivity index (χ1v) is 10.1. The van der Waals surface area contributed by atoms with Gasteiger partial charge in [-0.25, -0.2) is 0 Å². The molecule has 0 aliphatic heterocycles. The second-order valence-corrected chi connectivity index (χ2v) is 7.91. The maximum absolute atomic E-state index is 12.7. The Kier molecular flexibility index (Phi) is 6.36. The van der Waals surface area contributed by atoms with E-state index in [1.807, 2.05) is 11.5 Å². The zero-order chi connectivity index (χ0) is 21.8. The number of aryl methyl sites for hydroxylation is 1. The predicted molar refractivity (Wildman–Crippen MR) is 115 cm³/mol. The van der Waals surface area contributed by atoms with E-state index in [1.54, 1.807) is 44.2 Å². The van der Waals surface area contributed by atoms with E-state index in [0.29, 0.717) is 23.2 Å². The zero-order valence-electron chi connectivity index (χ0n) is 16.7. The number of amides is 1. The lowest BCUT2D eigenvalue weighted by molar-refractivity contribution is -0.384. The molecule has 1 amide bonds. The van der Waals surface area contributed by atoms with E-state index in [1.165, 1.54) is 23.9 Å². The van der Waals surface area contributed by atoms with Crippen LogP contribution in [-0.4, -0.2) is 36.0 Å². The minimum atomic E-state index is -0.508. The number of anilines is 1. The molecule has 0 bridgehead atoms. The van der Waals surface area contributed by atoms with Gasteiger partial charge in [0.25, 0.3) is 5.69 Å². The average Bonchev–Trinajstić information content (AvgIpc) is 3.12. The number of nitro groups is 1. The molecule has 0 aliphatic carbocycles. The van der Waals surface area contributed by atoms with Crippen molar-refractivity contribution in [3.8, 4) is 17.1 Å². The average molecular weight is 427 g/mol. The van der Waals surface area contributed by atoms with Gasteiger partial charge in [0.15, 0.2) is 11.0 Å².